The molecule has 34 heavy (non-hydrogen) atoms. The highest BCUT2D eigenvalue weighted by atomic mass is 35.5. The zero-order valence-corrected chi connectivity index (χ0v) is 21.2. The van der Waals surface area contributed by atoms with Gasteiger partial charge in [0.05, 0.1) is 5.75 Å². The predicted molar refractivity (Wildman–Crippen MR) is 142 cm³/mol. The summed E-state index contributed by atoms with van der Waals surface area (Å²) >= 11 is 7.80. The number of carbonyl (C=O) groups is 2. The summed E-state index contributed by atoms with van der Waals surface area (Å²) in [6, 6.07) is 24.9. The number of aryl methyl sites for hydroxylation is 1. The Hall–Kier alpha value is -2.76. The van der Waals surface area contributed by atoms with Crippen LogP contribution in [-0.2, 0) is 28.3 Å². The predicted octanol–water partition coefficient (Wildman–Crippen LogP) is 5.66. The third kappa shape index (κ3) is 7.37. The number of thioether (sulfide) groups is 1. The van der Waals surface area contributed by atoms with E-state index in [0.717, 1.165) is 22.3 Å². The van der Waals surface area contributed by atoms with Gasteiger partial charge in [-0.25, -0.2) is 0 Å². The number of carbonyl (C=O) groups excluding carboxylic acids is 2. The van der Waals surface area contributed by atoms with Crippen LogP contribution in [0.2, 0.25) is 5.02 Å². The molecule has 3 aromatic rings. The molecule has 0 heterocycles. The van der Waals surface area contributed by atoms with Gasteiger partial charge in [-0.05, 0) is 42.2 Å². The first-order valence-corrected chi connectivity index (χ1v) is 13.0. The van der Waals surface area contributed by atoms with Gasteiger partial charge in [-0.3, -0.25) is 9.59 Å². The average Bonchev–Trinajstić information content (AvgIpc) is 2.84. The second kappa shape index (κ2) is 13.2. The van der Waals surface area contributed by atoms with Gasteiger partial charge in [0.2, 0.25) is 11.8 Å². The van der Waals surface area contributed by atoms with Crippen LogP contribution < -0.4 is 5.32 Å². The Labute approximate surface area is 211 Å². The molecule has 3 rings (SSSR count). The Morgan fingerprint density at radius 2 is 1.59 bits per heavy atom. The summed E-state index contributed by atoms with van der Waals surface area (Å²) in [5, 5.41) is 3.63. The van der Waals surface area contributed by atoms with Gasteiger partial charge < -0.3 is 10.2 Å². The minimum absolute atomic E-state index is 0.0625. The molecule has 4 nitrogen and oxygen atoms in total. The molecule has 0 aliphatic heterocycles. The number of rotatable bonds is 11. The maximum absolute atomic E-state index is 13.6. The second-order valence-electron chi connectivity index (χ2n) is 8.13. The van der Waals surface area contributed by atoms with Crippen molar-refractivity contribution in [3.05, 3.63) is 106 Å². The molecule has 0 aliphatic rings. The SMILES string of the molecule is CCNC(=O)C(Cc1ccccc1)N(Cc1ccccc1C)C(=O)CSCc1ccccc1Cl. The van der Waals surface area contributed by atoms with Crippen LogP contribution in [0.1, 0.15) is 29.2 Å². The van der Waals surface area contributed by atoms with Crippen LogP contribution >= 0.6 is 23.4 Å². The number of hydrogen-bond donors (Lipinski definition) is 1. The monoisotopic (exact) mass is 494 g/mol. The lowest BCUT2D eigenvalue weighted by Crippen LogP contribution is -2.51. The summed E-state index contributed by atoms with van der Waals surface area (Å²) < 4.78 is 0. The molecule has 178 valence electrons. The molecule has 0 radical (unpaired) electrons. The highest BCUT2D eigenvalue weighted by Crippen LogP contribution is 2.23. The van der Waals surface area contributed by atoms with Crippen molar-refractivity contribution >= 4 is 35.2 Å². The number of nitrogens with one attached hydrogen (secondary N) is 1. The van der Waals surface area contributed by atoms with Crippen LogP contribution in [0.3, 0.4) is 0 Å². The summed E-state index contributed by atoms with van der Waals surface area (Å²) in [4.78, 5) is 28.5. The van der Waals surface area contributed by atoms with Crippen LogP contribution in [-0.4, -0.2) is 35.1 Å². The summed E-state index contributed by atoms with van der Waals surface area (Å²) in [6.45, 7) is 4.82. The van der Waals surface area contributed by atoms with Crippen molar-refractivity contribution in [2.75, 3.05) is 12.3 Å². The molecular weight excluding hydrogens is 464 g/mol. The molecule has 0 aromatic heterocycles. The fourth-order valence-electron chi connectivity index (χ4n) is 3.76. The quantitative estimate of drug-likeness (QED) is 0.374. The zero-order chi connectivity index (χ0) is 24.3. The van der Waals surface area contributed by atoms with Crippen molar-refractivity contribution in [3.8, 4) is 0 Å². The fourth-order valence-corrected chi connectivity index (χ4v) is 4.96. The number of amides is 2. The minimum Gasteiger partial charge on any atom is -0.355 e. The van der Waals surface area contributed by atoms with Crippen molar-refractivity contribution in [2.24, 2.45) is 0 Å². The Kier molecular flexibility index (Phi) is 10.0. The molecule has 1 atom stereocenters. The van der Waals surface area contributed by atoms with Crippen molar-refractivity contribution < 1.29 is 9.59 Å². The van der Waals surface area contributed by atoms with E-state index in [-0.39, 0.29) is 17.6 Å². The summed E-state index contributed by atoms with van der Waals surface area (Å²) in [5.41, 5.74) is 4.15. The number of nitrogens with zero attached hydrogens (tertiary/aromatic N) is 1. The number of hydrogen-bond acceptors (Lipinski definition) is 3. The number of benzene rings is 3. The lowest BCUT2D eigenvalue weighted by atomic mass is 10.0. The maximum atomic E-state index is 13.6. The molecule has 0 fully saturated rings. The topological polar surface area (TPSA) is 49.4 Å². The molecule has 2 amide bonds. The third-order valence-electron chi connectivity index (χ3n) is 5.66. The summed E-state index contributed by atoms with van der Waals surface area (Å²) in [6.07, 6.45) is 0.458. The van der Waals surface area contributed by atoms with Gasteiger partial charge in [0.15, 0.2) is 0 Å². The van der Waals surface area contributed by atoms with Gasteiger partial charge in [0.25, 0.3) is 0 Å². The summed E-state index contributed by atoms with van der Waals surface area (Å²) in [5.74, 6) is 0.701. The minimum atomic E-state index is -0.602. The van der Waals surface area contributed by atoms with E-state index >= 15 is 0 Å². The average molecular weight is 495 g/mol. The van der Waals surface area contributed by atoms with E-state index in [0.29, 0.717) is 30.3 Å². The molecule has 3 aromatic carbocycles. The first-order chi connectivity index (χ1) is 16.5. The molecule has 0 spiro atoms. The van der Waals surface area contributed by atoms with Gasteiger partial charge >= 0.3 is 0 Å². The van der Waals surface area contributed by atoms with E-state index in [9.17, 15) is 9.59 Å². The van der Waals surface area contributed by atoms with Crippen LogP contribution in [0.5, 0.6) is 0 Å². The smallest absolute Gasteiger partial charge is 0.243 e. The maximum Gasteiger partial charge on any atom is 0.243 e. The van der Waals surface area contributed by atoms with E-state index in [1.165, 1.54) is 11.8 Å². The molecule has 0 saturated carbocycles. The van der Waals surface area contributed by atoms with Crippen molar-refractivity contribution in [3.63, 3.8) is 0 Å². The lowest BCUT2D eigenvalue weighted by molar-refractivity contribution is -0.139. The first-order valence-electron chi connectivity index (χ1n) is 11.5. The Morgan fingerprint density at radius 1 is 0.941 bits per heavy atom. The molecular formula is C28H31ClN2O2S. The van der Waals surface area contributed by atoms with Crippen LogP contribution in [0.4, 0.5) is 0 Å². The van der Waals surface area contributed by atoms with E-state index in [4.69, 9.17) is 11.6 Å². The highest BCUT2D eigenvalue weighted by molar-refractivity contribution is 7.99. The summed E-state index contributed by atoms with van der Waals surface area (Å²) in [7, 11) is 0. The standard InChI is InChI=1S/C28H31ClN2O2S/c1-3-30-28(33)26(17-22-12-5-4-6-13-22)31(18-23-14-8-7-11-21(23)2)27(32)20-34-19-24-15-9-10-16-25(24)29/h4-16,26H,3,17-20H2,1-2H3,(H,30,33). The number of likely N-dealkylation sites (N-methyl/N-ethyl adjacent to an activating group) is 1. The van der Waals surface area contributed by atoms with E-state index in [1.807, 2.05) is 92.7 Å². The molecule has 6 heteroatoms. The third-order valence-corrected chi connectivity index (χ3v) is 7.00. The highest BCUT2D eigenvalue weighted by Gasteiger charge is 2.30. The lowest BCUT2D eigenvalue weighted by Gasteiger charge is -2.32. The van der Waals surface area contributed by atoms with Gasteiger partial charge in [0, 0.05) is 30.3 Å². The zero-order valence-electron chi connectivity index (χ0n) is 19.7. The fraction of sp³-hybridized carbons (Fsp3) is 0.286. The Bertz CT molecular complexity index is 1090. The number of halogens is 1. The largest absolute Gasteiger partial charge is 0.355 e. The van der Waals surface area contributed by atoms with Crippen LogP contribution in [0.25, 0.3) is 0 Å². The second-order valence-corrected chi connectivity index (χ2v) is 9.53. The molecule has 1 N–H and O–H groups in total. The normalized spacial score (nSPS) is 11.6. The van der Waals surface area contributed by atoms with Gasteiger partial charge in [-0.15, -0.1) is 11.8 Å². The first kappa shape index (κ1) is 25.9. The van der Waals surface area contributed by atoms with E-state index in [2.05, 4.69) is 5.32 Å². The molecule has 0 bridgehead atoms. The van der Waals surface area contributed by atoms with Gasteiger partial charge in [-0.1, -0.05) is 84.4 Å². The molecule has 1 unspecified atom stereocenters. The van der Waals surface area contributed by atoms with Crippen LogP contribution in [0, 0.1) is 6.92 Å². The Balaban J connectivity index is 1.84. The van der Waals surface area contributed by atoms with E-state index in [1.54, 1.807) is 4.90 Å². The van der Waals surface area contributed by atoms with Gasteiger partial charge in [0.1, 0.15) is 6.04 Å². The van der Waals surface area contributed by atoms with Crippen molar-refractivity contribution in [1.82, 2.24) is 10.2 Å². The molecule has 0 aliphatic carbocycles. The van der Waals surface area contributed by atoms with E-state index < -0.39 is 6.04 Å². The van der Waals surface area contributed by atoms with Crippen molar-refractivity contribution in [2.45, 2.75) is 38.6 Å². The van der Waals surface area contributed by atoms with Crippen LogP contribution in [0.15, 0.2) is 78.9 Å². The molecule has 0 saturated heterocycles. The Morgan fingerprint density at radius 3 is 2.26 bits per heavy atom. The van der Waals surface area contributed by atoms with Crippen molar-refractivity contribution in [1.29, 1.82) is 0 Å². The van der Waals surface area contributed by atoms with Gasteiger partial charge in [-0.2, -0.15) is 0 Å².